The molecule has 0 radical (unpaired) electrons. The number of hydrogen-bond acceptors (Lipinski definition) is 5. The van der Waals surface area contributed by atoms with Crippen LogP contribution in [0.5, 0.6) is 5.75 Å². The van der Waals surface area contributed by atoms with E-state index in [2.05, 4.69) is 5.32 Å². The Morgan fingerprint density at radius 3 is 2.62 bits per heavy atom. The number of hydrogen-bond donors (Lipinski definition) is 3. The standard InChI is InChI=1S/C20H30ClNO4/c21-16-3-4-19(26-12-18-2-1-9-25-18)15(10-16)11-22-17-5-7-20(13-23,14-24)8-6-17/h3-4,10,17-18,22-24H,1-2,5-9,11-14H2. The van der Waals surface area contributed by atoms with Crippen LogP contribution in [0.2, 0.25) is 5.02 Å². The summed E-state index contributed by atoms with van der Waals surface area (Å²) in [5.74, 6) is 0.855. The minimum atomic E-state index is -0.302. The van der Waals surface area contributed by atoms with Crippen LogP contribution in [0.1, 0.15) is 44.1 Å². The second kappa shape index (κ2) is 9.38. The van der Waals surface area contributed by atoms with Gasteiger partial charge in [0.2, 0.25) is 0 Å². The third kappa shape index (κ3) is 5.11. The van der Waals surface area contributed by atoms with Gasteiger partial charge < -0.3 is 25.0 Å². The van der Waals surface area contributed by atoms with Crippen molar-refractivity contribution in [1.82, 2.24) is 5.32 Å². The first-order chi connectivity index (χ1) is 12.6. The number of ether oxygens (including phenoxy) is 2. The monoisotopic (exact) mass is 383 g/mol. The molecule has 3 rings (SSSR count). The molecule has 1 aliphatic carbocycles. The molecule has 1 aromatic rings. The lowest BCUT2D eigenvalue weighted by Crippen LogP contribution is -2.41. The molecule has 1 heterocycles. The fourth-order valence-corrected chi connectivity index (χ4v) is 4.04. The summed E-state index contributed by atoms with van der Waals surface area (Å²) in [6.45, 7) is 2.22. The zero-order valence-corrected chi connectivity index (χ0v) is 16.0. The van der Waals surface area contributed by atoms with Crippen LogP contribution < -0.4 is 10.1 Å². The molecule has 1 aromatic carbocycles. The SMILES string of the molecule is OCC1(CO)CCC(NCc2cc(Cl)ccc2OCC2CCCO2)CC1. The molecular weight excluding hydrogens is 354 g/mol. The zero-order valence-electron chi connectivity index (χ0n) is 15.3. The fraction of sp³-hybridized carbons (Fsp3) is 0.700. The number of nitrogens with one attached hydrogen (secondary N) is 1. The van der Waals surface area contributed by atoms with E-state index in [1.165, 1.54) is 0 Å². The highest BCUT2D eigenvalue weighted by atomic mass is 35.5. The van der Waals surface area contributed by atoms with E-state index in [1.54, 1.807) is 0 Å². The summed E-state index contributed by atoms with van der Waals surface area (Å²) in [5, 5.41) is 23.3. The van der Waals surface area contributed by atoms with Gasteiger partial charge in [0.05, 0.1) is 19.3 Å². The van der Waals surface area contributed by atoms with Gasteiger partial charge in [-0.3, -0.25) is 0 Å². The summed E-state index contributed by atoms with van der Waals surface area (Å²) >= 11 is 6.18. The van der Waals surface area contributed by atoms with E-state index in [0.29, 0.717) is 24.2 Å². The third-order valence-electron chi connectivity index (χ3n) is 5.77. The molecule has 3 N–H and O–H groups in total. The van der Waals surface area contributed by atoms with E-state index in [-0.39, 0.29) is 24.7 Å². The van der Waals surface area contributed by atoms with Crippen molar-refractivity contribution in [1.29, 1.82) is 0 Å². The zero-order chi connectivity index (χ0) is 18.4. The summed E-state index contributed by atoms with van der Waals surface area (Å²) in [6.07, 6.45) is 5.94. The second-order valence-corrected chi connectivity index (χ2v) is 8.11. The van der Waals surface area contributed by atoms with Crippen LogP contribution in [0, 0.1) is 5.41 Å². The maximum atomic E-state index is 9.53. The van der Waals surface area contributed by atoms with Crippen LogP contribution in [-0.4, -0.2) is 48.8 Å². The summed E-state index contributed by atoms with van der Waals surface area (Å²) in [6, 6.07) is 6.12. The van der Waals surface area contributed by atoms with Crippen LogP contribution >= 0.6 is 11.6 Å². The fourth-order valence-electron chi connectivity index (χ4n) is 3.84. The maximum absolute atomic E-state index is 9.53. The summed E-state index contributed by atoms with van der Waals surface area (Å²) in [4.78, 5) is 0. The second-order valence-electron chi connectivity index (χ2n) is 7.67. The molecule has 2 fully saturated rings. The van der Waals surface area contributed by atoms with Crippen molar-refractivity contribution in [2.45, 2.75) is 57.2 Å². The van der Waals surface area contributed by atoms with E-state index in [4.69, 9.17) is 21.1 Å². The van der Waals surface area contributed by atoms with Crippen molar-refractivity contribution < 1.29 is 19.7 Å². The predicted octanol–water partition coefficient (Wildman–Crippen LogP) is 2.90. The molecule has 2 aliphatic rings. The Labute approximate surface area is 160 Å². The first-order valence-corrected chi connectivity index (χ1v) is 10.00. The maximum Gasteiger partial charge on any atom is 0.124 e. The molecule has 1 aliphatic heterocycles. The van der Waals surface area contributed by atoms with Gasteiger partial charge in [0.25, 0.3) is 0 Å². The minimum Gasteiger partial charge on any atom is -0.491 e. The Balaban J connectivity index is 1.53. The molecule has 6 heteroatoms. The molecular formula is C20H30ClNO4. The molecule has 0 aromatic heterocycles. The average molecular weight is 384 g/mol. The molecule has 1 saturated carbocycles. The first kappa shape index (κ1) is 19.9. The van der Waals surface area contributed by atoms with Crippen LogP contribution in [0.3, 0.4) is 0 Å². The van der Waals surface area contributed by atoms with Crippen molar-refractivity contribution in [3.8, 4) is 5.75 Å². The molecule has 5 nitrogen and oxygen atoms in total. The first-order valence-electron chi connectivity index (χ1n) is 9.62. The van der Waals surface area contributed by atoms with Crippen molar-refractivity contribution in [2.24, 2.45) is 5.41 Å². The van der Waals surface area contributed by atoms with Gasteiger partial charge in [-0.2, -0.15) is 0 Å². The number of benzene rings is 1. The molecule has 0 bridgehead atoms. The smallest absolute Gasteiger partial charge is 0.124 e. The van der Waals surface area contributed by atoms with Gasteiger partial charge >= 0.3 is 0 Å². The van der Waals surface area contributed by atoms with Gasteiger partial charge in [-0.15, -0.1) is 0 Å². The minimum absolute atomic E-state index is 0.0612. The van der Waals surface area contributed by atoms with Crippen LogP contribution in [0.4, 0.5) is 0 Å². The van der Waals surface area contributed by atoms with Crippen LogP contribution in [0.15, 0.2) is 18.2 Å². The Morgan fingerprint density at radius 2 is 1.96 bits per heavy atom. The van der Waals surface area contributed by atoms with Crippen molar-refractivity contribution in [3.63, 3.8) is 0 Å². The van der Waals surface area contributed by atoms with E-state index in [0.717, 1.165) is 56.4 Å². The van der Waals surface area contributed by atoms with E-state index in [9.17, 15) is 10.2 Å². The molecule has 1 unspecified atom stereocenters. The lowest BCUT2D eigenvalue weighted by molar-refractivity contribution is 0.0161. The molecule has 0 amide bonds. The van der Waals surface area contributed by atoms with Gasteiger partial charge in [0, 0.05) is 35.2 Å². The summed E-state index contributed by atoms with van der Waals surface area (Å²) in [5.41, 5.74) is 0.751. The van der Waals surface area contributed by atoms with E-state index in [1.807, 2.05) is 18.2 Å². The van der Waals surface area contributed by atoms with Gasteiger partial charge in [-0.25, -0.2) is 0 Å². The lowest BCUT2D eigenvalue weighted by atomic mass is 9.73. The van der Waals surface area contributed by atoms with Gasteiger partial charge in [-0.05, 0) is 56.7 Å². The number of aliphatic hydroxyl groups excluding tert-OH is 2. The predicted molar refractivity (Wildman–Crippen MR) is 102 cm³/mol. The van der Waals surface area contributed by atoms with Gasteiger partial charge in [0.15, 0.2) is 0 Å². The molecule has 1 atom stereocenters. The van der Waals surface area contributed by atoms with Crippen molar-refractivity contribution in [2.75, 3.05) is 26.4 Å². The van der Waals surface area contributed by atoms with E-state index >= 15 is 0 Å². The van der Waals surface area contributed by atoms with Crippen molar-refractivity contribution >= 4 is 11.6 Å². The normalized spacial score (nSPS) is 23.3. The summed E-state index contributed by atoms with van der Waals surface area (Å²) in [7, 11) is 0. The number of halogens is 1. The topological polar surface area (TPSA) is 71.0 Å². The van der Waals surface area contributed by atoms with Crippen LogP contribution in [-0.2, 0) is 11.3 Å². The van der Waals surface area contributed by atoms with Crippen LogP contribution in [0.25, 0.3) is 0 Å². The lowest BCUT2D eigenvalue weighted by Gasteiger charge is -2.37. The molecule has 1 saturated heterocycles. The van der Waals surface area contributed by atoms with Gasteiger partial charge in [0.1, 0.15) is 12.4 Å². The molecule has 0 spiro atoms. The quantitative estimate of drug-likeness (QED) is 0.643. The number of rotatable bonds is 8. The Bertz CT molecular complexity index is 563. The average Bonchev–Trinajstić information content (AvgIpc) is 3.20. The van der Waals surface area contributed by atoms with E-state index < -0.39 is 0 Å². The van der Waals surface area contributed by atoms with Gasteiger partial charge in [-0.1, -0.05) is 11.6 Å². The Morgan fingerprint density at radius 1 is 1.19 bits per heavy atom. The molecule has 146 valence electrons. The third-order valence-corrected chi connectivity index (χ3v) is 6.00. The van der Waals surface area contributed by atoms with Crippen molar-refractivity contribution in [3.05, 3.63) is 28.8 Å². The Kier molecular flexibility index (Phi) is 7.18. The highest BCUT2D eigenvalue weighted by Crippen LogP contribution is 2.35. The largest absolute Gasteiger partial charge is 0.491 e. The highest BCUT2D eigenvalue weighted by molar-refractivity contribution is 6.30. The number of aliphatic hydroxyl groups is 2. The Hall–Kier alpha value is -0.850. The highest BCUT2D eigenvalue weighted by Gasteiger charge is 2.34. The summed E-state index contributed by atoms with van der Waals surface area (Å²) < 4.78 is 11.6. The molecule has 26 heavy (non-hydrogen) atoms.